The molecular formula is C38H50N5O5Zn-. The maximum absolute atomic E-state index is 13.9. The SMILES string of the molecule is CC(O)=NC1=NC(=Cc2[n-]c(Nc3ccccn3)c(C(=O)OC3C(C)CC(C)CC3C)c2C)C(C)=C1C(=O)OC1C(C)CC(C)CC1C.[Zn]. The molecule has 260 valence electrons. The summed E-state index contributed by atoms with van der Waals surface area (Å²) in [5, 5.41) is 13.3. The number of esters is 2. The van der Waals surface area contributed by atoms with Crippen LogP contribution in [0.15, 0.2) is 51.2 Å². The first-order chi connectivity index (χ1) is 22.7. The van der Waals surface area contributed by atoms with Crippen LogP contribution >= 0.6 is 0 Å². The van der Waals surface area contributed by atoms with Crippen LogP contribution in [0.1, 0.15) is 103 Å². The molecule has 10 nitrogen and oxygen atoms in total. The van der Waals surface area contributed by atoms with E-state index in [9.17, 15) is 14.7 Å². The minimum Gasteiger partial charge on any atom is -0.497 e. The van der Waals surface area contributed by atoms with Crippen molar-refractivity contribution < 1.29 is 43.6 Å². The second-order valence-electron chi connectivity index (χ2n) is 14.6. The van der Waals surface area contributed by atoms with E-state index in [1.165, 1.54) is 6.92 Å². The van der Waals surface area contributed by atoms with E-state index >= 15 is 0 Å². The van der Waals surface area contributed by atoms with Crippen LogP contribution in [-0.2, 0) is 33.7 Å². The molecule has 0 spiro atoms. The Kier molecular flexibility index (Phi) is 12.5. The molecule has 2 saturated carbocycles. The molecule has 2 aromatic rings. The molecule has 1 aliphatic heterocycles. The minimum absolute atomic E-state index is 0. The Morgan fingerprint density at radius 2 is 1.47 bits per heavy atom. The molecule has 0 bridgehead atoms. The number of carbonyl (C=O) groups is 2. The van der Waals surface area contributed by atoms with Gasteiger partial charge in [-0.05, 0) is 116 Å². The van der Waals surface area contributed by atoms with Crippen LogP contribution in [0.2, 0.25) is 0 Å². The first kappa shape index (κ1) is 38.2. The summed E-state index contributed by atoms with van der Waals surface area (Å²) in [6.45, 7) is 18.0. The number of amidine groups is 1. The third kappa shape index (κ3) is 8.59. The first-order valence-corrected chi connectivity index (χ1v) is 17.3. The van der Waals surface area contributed by atoms with E-state index in [4.69, 9.17) is 14.5 Å². The summed E-state index contributed by atoms with van der Waals surface area (Å²) < 4.78 is 12.3. The van der Waals surface area contributed by atoms with Gasteiger partial charge in [-0.15, -0.1) is 0 Å². The summed E-state index contributed by atoms with van der Waals surface area (Å²) in [5.41, 5.74) is 2.62. The van der Waals surface area contributed by atoms with Crippen LogP contribution in [0.3, 0.4) is 0 Å². The van der Waals surface area contributed by atoms with E-state index in [1.807, 2.05) is 19.1 Å². The number of rotatable bonds is 7. The van der Waals surface area contributed by atoms with Crippen molar-refractivity contribution >= 4 is 41.4 Å². The molecular weight excluding hydrogens is 672 g/mol. The van der Waals surface area contributed by atoms with Gasteiger partial charge in [0, 0.05) is 38.4 Å². The number of anilines is 2. The molecule has 2 fully saturated rings. The Bertz CT molecular complexity index is 1630. The van der Waals surface area contributed by atoms with Crippen molar-refractivity contribution in [1.29, 1.82) is 0 Å². The molecule has 0 saturated heterocycles. The molecule has 0 amide bonds. The zero-order valence-corrected chi connectivity index (χ0v) is 33.4. The third-order valence-electron chi connectivity index (χ3n) is 10.1. The Morgan fingerprint density at radius 1 is 0.918 bits per heavy atom. The standard InChI is InChI=1S/C38H51N5O5.Zn/c1-19-14-21(3)33(22(4)15-19)47-37(45)31-25(7)28(41-35(31)40-27(9)44)18-29-26(8)32(36(42-29)43-30-12-10-11-13-39-30)38(46)48-34-23(5)16-20(2)17-24(34)6;/h10-13,18-24,33-34H,14-17H2,1-9H3,(H3,39,40,41,42,43,44,45,46);/p-1. The van der Waals surface area contributed by atoms with Crippen LogP contribution in [-0.4, -0.2) is 46.0 Å². The van der Waals surface area contributed by atoms with Gasteiger partial charge in [0.2, 0.25) is 0 Å². The average molecular weight is 722 g/mol. The molecule has 3 aliphatic rings. The van der Waals surface area contributed by atoms with Crippen LogP contribution in [0.25, 0.3) is 6.08 Å². The van der Waals surface area contributed by atoms with E-state index in [1.54, 1.807) is 25.3 Å². The van der Waals surface area contributed by atoms with Gasteiger partial charge in [0.25, 0.3) is 0 Å². The van der Waals surface area contributed by atoms with Crippen molar-refractivity contribution in [2.75, 3.05) is 5.32 Å². The zero-order chi connectivity index (χ0) is 34.9. The summed E-state index contributed by atoms with van der Waals surface area (Å²) in [6, 6.07) is 5.46. The smallest absolute Gasteiger partial charge is 0.342 e. The van der Waals surface area contributed by atoms with E-state index in [2.05, 4.69) is 61.8 Å². The van der Waals surface area contributed by atoms with Gasteiger partial charge in [0.1, 0.15) is 17.8 Å². The summed E-state index contributed by atoms with van der Waals surface area (Å²) >= 11 is 0. The summed E-state index contributed by atoms with van der Waals surface area (Å²) in [5.74, 6) is 1.82. The van der Waals surface area contributed by atoms with Gasteiger partial charge in [-0.3, -0.25) is 4.98 Å². The molecule has 2 aromatic heterocycles. The molecule has 4 unspecified atom stereocenters. The van der Waals surface area contributed by atoms with E-state index < -0.39 is 11.9 Å². The Morgan fingerprint density at radius 3 is 1.98 bits per heavy atom. The summed E-state index contributed by atoms with van der Waals surface area (Å²) in [7, 11) is 0. The number of aromatic nitrogens is 2. The number of aliphatic imine (C=N–C) groups is 2. The maximum atomic E-state index is 13.9. The average Bonchev–Trinajstić information content (AvgIpc) is 3.46. The monoisotopic (exact) mass is 720 g/mol. The second kappa shape index (κ2) is 16.0. The minimum atomic E-state index is -0.517. The third-order valence-corrected chi connectivity index (χ3v) is 10.1. The van der Waals surface area contributed by atoms with Crippen LogP contribution in [0, 0.1) is 42.4 Å². The normalized spacial score (nSPS) is 29.7. The number of pyridine rings is 1. The fourth-order valence-electron chi connectivity index (χ4n) is 8.12. The number of nitrogens with zero attached hydrogens (tertiary/aromatic N) is 4. The first-order valence-electron chi connectivity index (χ1n) is 17.3. The Hall–Kier alpha value is -3.59. The molecule has 5 rings (SSSR count). The molecule has 49 heavy (non-hydrogen) atoms. The Labute approximate surface area is 303 Å². The summed E-state index contributed by atoms with van der Waals surface area (Å²) in [4.78, 5) is 45.7. The van der Waals surface area contributed by atoms with Crippen molar-refractivity contribution in [2.45, 2.75) is 100 Å². The number of allylic oxidation sites excluding steroid dienone is 1. The van der Waals surface area contributed by atoms with Crippen molar-refractivity contribution in [3.05, 3.63) is 58.1 Å². The fraction of sp³-hybridized carbons (Fsp3) is 0.553. The number of aliphatic hydroxyl groups is 1. The number of ether oxygens (including phenoxy) is 2. The van der Waals surface area contributed by atoms with Gasteiger partial charge in [-0.2, -0.15) is 4.99 Å². The van der Waals surface area contributed by atoms with Gasteiger partial charge in [0.15, 0.2) is 11.7 Å². The van der Waals surface area contributed by atoms with E-state index in [0.29, 0.717) is 51.6 Å². The molecule has 0 aromatic carbocycles. The summed E-state index contributed by atoms with van der Waals surface area (Å²) in [6.07, 6.45) is 6.93. The Balaban J connectivity index is 0.00000541. The zero-order valence-electron chi connectivity index (χ0n) is 30.4. The van der Waals surface area contributed by atoms with Crippen LogP contribution in [0.5, 0.6) is 0 Å². The number of aliphatic hydroxyl groups excluding tert-OH is 1. The van der Waals surface area contributed by atoms with Crippen molar-refractivity contribution in [3.8, 4) is 0 Å². The van der Waals surface area contributed by atoms with E-state index in [-0.39, 0.29) is 72.7 Å². The van der Waals surface area contributed by atoms with Crippen LogP contribution in [0.4, 0.5) is 11.6 Å². The van der Waals surface area contributed by atoms with E-state index in [0.717, 1.165) is 25.7 Å². The maximum Gasteiger partial charge on any atom is 0.342 e. The largest absolute Gasteiger partial charge is 0.497 e. The van der Waals surface area contributed by atoms with Crippen molar-refractivity contribution in [1.82, 2.24) is 9.97 Å². The predicted octanol–water partition coefficient (Wildman–Crippen LogP) is 7.98. The molecule has 2 aliphatic carbocycles. The van der Waals surface area contributed by atoms with Crippen molar-refractivity contribution in [2.24, 2.45) is 45.5 Å². The molecule has 4 atom stereocenters. The van der Waals surface area contributed by atoms with Gasteiger partial charge < -0.3 is 24.9 Å². The molecule has 11 heteroatoms. The molecule has 2 N–H and O–H groups in total. The van der Waals surface area contributed by atoms with Crippen LogP contribution < -0.4 is 10.3 Å². The number of nitrogens with one attached hydrogen (secondary N) is 1. The van der Waals surface area contributed by atoms with Crippen molar-refractivity contribution in [3.63, 3.8) is 0 Å². The number of hydrogen-bond donors (Lipinski definition) is 2. The quantitative estimate of drug-likeness (QED) is 0.127. The van der Waals surface area contributed by atoms with Gasteiger partial charge in [-0.1, -0.05) is 47.6 Å². The second-order valence-corrected chi connectivity index (χ2v) is 14.6. The molecule has 3 heterocycles. The number of hydrogen-bond acceptors (Lipinski definition) is 8. The van der Waals surface area contributed by atoms with Gasteiger partial charge in [0.05, 0.1) is 11.3 Å². The number of carbonyl (C=O) groups excluding carboxylic acids is 2. The topological polar surface area (TPSA) is 137 Å². The van der Waals surface area contributed by atoms with Gasteiger partial charge >= 0.3 is 11.9 Å². The fourth-order valence-corrected chi connectivity index (χ4v) is 8.12. The predicted molar refractivity (Wildman–Crippen MR) is 188 cm³/mol. The van der Waals surface area contributed by atoms with Gasteiger partial charge in [-0.25, -0.2) is 14.6 Å². The molecule has 0 radical (unpaired) electrons.